The van der Waals surface area contributed by atoms with Crippen LogP contribution in [0.3, 0.4) is 0 Å². The van der Waals surface area contributed by atoms with Crippen molar-refractivity contribution in [2.45, 2.75) is 6.54 Å². The van der Waals surface area contributed by atoms with Crippen molar-refractivity contribution < 1.29 is 9.53 Å². The van der Waals surface area contributed by atoms with Gasteiger partial charge >= 0.3 is 5.97 Å². The predicted octanol–water partition coefficient (Wildman–Crippen LogP) is 4.31. The smallest absolute Gasteiger partial charge is 0.333 e. The van der Waals surface area contributed by atoms with Crippen LogP contribution in [0.5, 0.6) is 5.75 Å². The highest BCUT2D eigenvalue weighted by Gasteiger charge is 2.14. The molecule has 0 saturated carbocycles. The molecule has 122 valence electrons. The van der Waals surface area contributed by atoms with Crippen LogP contribution in [-0.4, -0.2) is 15.7 Å². The Kier molecular flexibility index (Phi) is 4.01. The van der Waals surface area contributed by atoms with Gasteiger partial charge in [0.05, 0.1) is 5.52 Å². The molecule has 0 N–H and O–H groups in total. The van der Waals surface area contributed by atoms with E-state index in [4.69, 9.17) is 4.74 Å². The van der Waals surface area contributed by atoms with E-state index in [0.717, 1.165) is 22.2 Å². The first-order chi connectivity index (χ1) is 12.3. The van der Waals surface area contributed by atoms with Gasteiger partial charge in [-0.15, -0.1) is 0 Å². The molecule has 1 heterocycles. The Morgan fingerprint density at radius 2 is 1.48 bits per heavy atom. The summed E-state index contributed by atoms with van der Waals surface area (Å²) < 4.78 is 7.08. The van der Waals surface area contributed by atoms with Crippen molar-refractivity contribution in [1.29, 1.82) is 0 Å². The second-order valence-corrected chi connectivity index (χ2v) is 5.68. The van der Waals surface area contributed by atoms with Crippen LogP contribution in [0.25, 0.3) is 22.2 Å². The molecule has 1 aromatic heterocycles. The molecule has 4 heteroatoms. The Hall–Kier alpha value is -3.40. The Bertz CT molecular complexity index is 1010. The summed E-state index contributed by atoms with van der Waals surface area (Å²) in [5, 5.41) is 5.67. The van der Waals surface area contributed by atoms with Crippen LogP contribution in [0.2, 0.25) is 0 Å². The summed E-state index contributed by atoms with van der Waals surface area (Å²) in [6.45, 7) is 0.0578. The van der Waals surface area contributed by atoms with Gasteiger partial charge in [-0.1, -0.05) is 66.7 Å². The molecule has 0 aliphatic rings. The monoisotopic (exact) mass is 328 g/mol. The number of benzene rings is 3. The molecule has 0 aliphatic heterocycles. The molecular weight excluding hydrogens is 312 g/mol. The maximum atomic E-state index is 12.3. The van der Waals surface area contributed by atoms with E-state index >= 15 is 0 Å². The lowest BCUT2D eigenvalue weighted by Gasteiger charge is -2.05. The van der Waals surface area contributed by atoms with Crippen molar-refractivity contribution in [1.82, 2.24) is 9.78 Å². The molecule has 4 rings (SSSR count). The van der Waals surface area contributed by atoms with Gasteiger partial charge in [0.1, 0.15) is 18.0 Å². The number of carbonyl (C=O) groups is 1. The zero-order valence-electron chi connectivity index (χ0n) is 13.5. The zero-order valence-corrected chi connectivity index (χ0v) is 13.5. The molecule has 0 bridgehead atoms. The lowest BCUT2D eigenvalue weighted by molar-refractivity contribution is -0.135. The van der Waals surface area contributed by atoms with Gasteiger partial charge in [0.15, 0.2) is 0 Å². The van der Waals surface area contributed by atoms with Gasteiger partial charge in [0.2, 0.25) is 0 Å². The normalized spacial score (nSPS) is 10.7. The molecule has 0 unspecified atom stereocenters. The molecule has 0 spiro atoms. The van der Waals surface area contributed by atoms with Crippen LogP contribution in [0, 0.1) is 0 Å². The van der Waals surface area contributed by atoms with Crippen LogP contribution in [0.15, 0.2) is 84.9 Å². The summed E-state index contributed by atoms with van der Waals surface area (Å²) in [5.41, 5.74) is 2.80. The number of para-hydroxylation sites is 2. The standard InChI is InChI=1S/C21H16N2O2/c24-20(25-17-11-5-2-6-12-17)15-23-19-14-8-7-13-18(19)21(22-23)16-9-3-1-4-10-16/h1-14H,15H2. The highest BCUT2D eigenvalue weighted by atomic mass is 16.5. The summed E-state index contributed by atoms with van der Waals surface area (Å²) in [6.07, 6.45) is 0. The zero-order chi connectivity index (χ0) is 17.1. The molecule has 0 amide bonds. The van der Waals surface area contributed by atoms with Gasteiger partial charge in [-0.05, 0) is 18.2 Å². The third-order valence-electron chi connectivity index (χ3n) is 3.96. The van der Waals surface area contributed by atoms with Gasteiger partial charge in [-0.2, -0.15) is 5.10 Å². The minimum absolute atomic E-state index is 0.0578. The average molecular weight is 328 g/mol. The number of hydrogen-bond donors (Lipinski definition) is 0. The minimum atomic E-state index is -0.348. The SMILES string of the molecule is O=C(Cn1nc(-c2ccccc2)c2ccccc21)Oc1ccccc1. The van der Waals surface area contributed by atoms with E-state index in [0.29, 0.717) is 5.75 Å². The number of aromatic nitrogens is 2. The van der Waals surface area contributed by atoms with Crippen LogP contribution < -0.4 is 4.74 Å². The Morgan fingerprint density at radius 1 is 0.840 bits per heavy atom. The van der Waals surface area contributed by atoms with Gasteiger partial charge < -0.3 is 4.74 Å². The number of fused-ring (bicyclic) bond motifs is 1. The molecule has 0 radical (unpaired) electrons. The molecule has 3 aromatic carbocycles. The van der Waals surface area contributed by atoms with Crippen molar-refractivity contribution >= 4 is 16.9 Å². The third kappa shape index (κ3) is 3.15. The fourth-order valence-electron chi connectivity index (χ4n) is 2.83. The van der Waals surface area contributed by atoms with Crippen LogP contribution in [-0.2, 0) is 11.3 Å². The van der Waals surface area contributed by atoms with E-state index in [9.17, 15) is 4.79 Å². The minimum Gasteiger partial charge on any atom is -0.425 e. The van der Waals surface area contributed by atoms with E-state index in [1.807, 2.05) is 72.8 Å². The fraction of sp³-hybridized carbons (Fsp3) is 0.0476. The lowest BCUT2D eigenvalue weighted by Crippen LogP contribution is -2.17. The first-order valence-electron chi connectivity index (χ1n) is 8.08. The molecule has 0 aliphatic carbocycles. The van der Waals surface area contributed by atoms with Crippen LogP contribution >= 0.6 is 0 Å². The van der Waals surface area contributed by atoms with E-state index < -0.39 is 0 Å². The van der Waals surface area contributed by atoms with Crippen molar-refractivity contribution in [2.75, 3.05) is 0 Å². The van der Waals surface area contributed by atoms with E-state index in [2.05, 4.69) is 5.10 Å². The number of carbonyl (C=O) groups excluding carboxylic acids is 1. The van der Waals surface area contributed by atoms with Crippen LogP contribution in [0.1, 0.15) is 0 Å². The fourth-order valence-corrected chi connectivity index (χ4v) is 2.83. The van der Waals surface area contributed by atoms with Crippen molar-refractivity contribution in [3.63, 3.8) is 0 Å². The molecule has 0 fully saturated rings. The second kappa shape index (κ2) is 6.61. The summed E-state index contributed by atoms with van der Waals surface area (Å²) >= 11 is 0. The van der Waals surface area contributed by atoms with Gasteiger partial charge in [-0.3, -0.25) is 4.68 Å². The Labute approximate surface area is 145 Å². The first kappa shape index (κ1) is 15.1. The predicted molar refractivity (Wildman–Crippen MR) is 97.2 cm³/mol. The lowest BCUT2D eigenvalue weighted by atomic mass is 10.1. The number of hydrogen-bond acceptors (Lipinski definition) is 3. The highest BCUT2D eigenvalue weighted by molar-refractivity contribution is 5.93. The van der Waals surface area contributed by atoms with Crippen LogP contribution in [0.4, 0.5) is 0 Å². The first-order valence-corrected chi connectivity index (χ1v) is 8.08. The summed E-state index contributed by atoms with van der Waals surface area (Å²) in [7, 11) is 0. The Balaban J connectivity index is 1.67. The summed E-state index contributed by atoms with van der Waals surface area (Å²) in [5.74, 6) is 0.186. The molecule has 0 saturated heterocycles. The molecular formula is C21H16N2O2. The van der Waals surface area contributed by atoms with E-state index in [1.54, 1.807) is 16.8 Å². The average Bonchev–Trinajstić information content (AvgIpc) is 3.02. The maximum Gasteiger partial charge on any atom is 0.333 e. The summed E-state index contributed by atoms with van der Waals surface area (Å²) in [6, 6.07) is 26.9. The molecule has 4 aromatic rings. The van der Waals surface area contributed by atoms with Gasteiger partial charge in [-0.25, -0.2) is 4.79 Å². The summed E-state index contributed by atoms with van der Waals surface area (Å²) in [4.78, 5) is 12.3. The van der Waals surface area contributed by atoms with Gasteiger partial charge in [0, 0.05) is 10.9 Å². The third-order valence-corrected chi connectivity index (χ3v) is 3.96. The molecule has 4 nitrogen and oxygen atoms in total. The molecule has 25 heavy (non-hydrogen) atoms. The number of nitrogens with zero attached hydrogens (tertiary/aromatic N) is 2. The highest BCUT2D eigenvalue weighted by Crippen LogP contribution is 2.27. The van der Waals surface area contributed by atoms with E-state index in [1.165, 1.54) is 0 Å². The number of esters is 1. The Morgan fingerprint density at radius 3 is 2.24 bits per heavy atom. The second-order valence-electron chi connectivity index (χ2n) is 5.68. The maximum absolute atomic E-state index is 12.3. The molecule has 0 atom stereocenters. The number of ether oxygens (including phenoxy) is 1. The van der Waals surface area contributed by atoms with Crippen molar-refractivity contribution in [2.24, 2.45) is 0 Å². The van der Waals surface area contributed by atoms with E-state index in [-0.39, 0.29) is 12.5 Å². The largest absolute Gasteiger partial charge is 0.425 e. The quantitative estimate of drug-likeness (QED) is 0.414. The number of rotatable bonds is 4. The van der Waals surface area contributed by atoms with Crippen molar-refractivity contribution in [3.05, 3.63) is 84.9 Å². The van der Waals surface area contributed by atoms with Crippen molar-refractivity contribution in [3.8, 4) is 17.0 Å². The van der Waals surface area contributed by atoms with Gasteiger partial charge in [0.25, 0.3) is 0 Å². The topological polar surface area (TPSA) is 44.1 Å².